The van der Waals surface area contributed by atoms with Gasteiger partial charge in [-0.15, -0.1) is 0 Å². The molecule has 2 saturated carbocycles. The van der Waals surface area contributed by atoms with E-state index < -0.39 is 0 Å². The molecule has 0 radical (unpaired) electrons. The summed E-state index contributed by atoms with van der Waals surface area (Å²) in [6.45, 7) is 0. The molecule has 4 rings (SSSR count). The van der Waals surface area contributed by atoms with Crippen molar-refractivity contribution in [3.05, 3.63) is 71.8 Å². The zero-order valence-electron chi connectivity index (χ0n) is 10.8. The molecule has 0 heterocycles. The number of hydrogen-bond donors (Lipinski definition) is 0. The van der Waals surface area contributed by atoms with Gasteiger partial charge in [0.05, 0.1) is 0 Å². The van der Waals surface area contributed by atoms with E-state index in [0.29, 0.717) is 11.7 Å². The Labute approximate surface area is 113 Å². The molecule has 0 bridgehead atoms. The Balaban J connectivity index is 1.81. The van der Waals surface area contributed by atoms with Crippen molar-refractivity contribution in [3.63, 3.8) is 0 Å². The molecular weight excluding hydrogens is 232 g/mol. The molecule has 0 unspecified atom stereocenters. The SMILES string of the molecule is O=C1CC[C@@]2(c3ccccc3)[C@H]1[C@@H]2c1ccccc1. The standard InChI is InChI=1S/C18H16O/c19-15-11-12-18(14-9-5-2-6-10-14)16(17(15)18)13-7-3-1-4-8-13/h1-10,16-17H,11-12H2/t16-,17+,18-/m0/s1. The van der Waals surface area contributed by atoms with Crippen LogP contribution < -0.4 is 0 Å². The lowest BCUT2D eigenvalue weighted by molar-refractivity contribution is -0.119. The van der Waals surface area contributed by atoms with Crippen LogP contribution in [0.2, 0.25) is 0 Å². The van der Waals surface area contributed by atoms with Crippen LogP contribution in [0.4, 0.5) is 0 Å². The fraction of sp³-hybridized carbons (Fsp3) is 0.278. The summed E-state index contributed by atoms with van der Waals surface area (Å²) in [4.78, 5) is 12.2. The second-order valence-corrected chi connectivity index (χ2v) is 5.74. The molecule has 2 fully saturated rings. The molecule has 3 atom stereocenters. The summed E-state index contributed by atoms with van der Waals surface area (Å²) in [6.07, 6.45) is 1.77. The molecule has 0 aromatic heterocycles. The second kappa shape index (κ2) is 3.80. The fourth-order valence-electron chi connectivity index (χ4n) is 4.11. The van der Waals surface area contributed by atoms with Crippen molar-refractivity contribution in [1.82, 2.24) is 0 Å². The van der Waals surface area contributed by atoms with Gasteiger partial charge in [-0.05, 0) is 17.5 Å². The first-order valence-electron chi connectivity index (χ1n) is 6.97. The van der Waals surface area contributed by atoms with Crippen molar-refractivity contribution < 1.29 is 4.79 Å². The Morgan fingerprint density at radius 1 is 0.842 bits per heavy atom. The number of ketones is 1. The lowest BCUT2D eigenvalue weighted by Gasteiger charge is -2.15. The van der Waals surface area contributed by atoms with Gasteiger partial charge in [0.25, 0.3) is 0 Å². The number of benzene rings is 2. The number of fused-ring (bicyclic) bond motifs is 1. The number of hydrogen-bond acceptors (Lipinski definition) is 1. The molecule has 2 aromatic carbocycles. The first-order valence-corrected chi connectivity index (χ1v) is 6.97. The third-order valence-electron chi connectivity index (χ3n) is 4.94. The monoisotopic (exact) mass is 248 g/mol. The van der Waals surface area contributed by atoms with Crippen LogP contribution in [0.3, 0.4) is 0 Å². The molecule has 2 aromatic rings. The molecule has 19 heavy (non-hydrogen) atoms. The zero-order valence-corrected chi connectivity index (χ0v) is 10.8. The maximum Gasteiger partial charge on any atom is 0.137 e. The number of carbonyl (C=O) groups excluding carboxylic acids is 1. The lowest BCUT2D eigenvalue weighted by atomic mass is 9.88. The van der Waals surface area contributed by atoms with E-state index in [1.807, 2.05) is 12.1 Å². The van der Waals surface area contributed by atoms with Gasteiger partial charge in [-0.1, -0.05) is 60.7 Å². The van der Waals surface area contributed by atoms with Crippen LogP contribution in [0.15, 0.2) is 60.7 Å². The number of carbonyl (C=O) groups is 1. The molecule has 0 spiro atoms. The third kappa shape index (κ3) is 1.39. The third-order valence-corrected chi connectivity index (χ3v) is 4.94. The van der Waals surface area contributed by atoms with Crippen LogP contribution in [-0.4, -0.2) is 5.78 Å². The highest BCUT2D eigenvalue weighted by molar-refractivity contribution is 5.92. The van der Waals surface area contributed by atoms with E-state index in [9.17, 15) is 4.79 Å². The van der Waals surface area contributed by atoms with Gasteiger partial charge in [-0.3, -0.25) is 4.79 Å². The molecule has 0 aliphatic heterocycles. The topological polar surface area (TPSA) is 17.1 Å². The van der Waals surface area contributed by atoms with Gasteiger partial charge in [0.1, 0.15) is 5.78 Å². The Morgan fingerprint density at radius 3 is 2.16 bits per heavy atom. The van der Waals surface area contributed by atoms with Crippen molar-refractivity contribution in [2.75, 3.05) is 0 Å². The molecule has 0 amide bonds. The first-order chi connectivity index (χ1) is 9.34. The smallest absolute Gasteiger partial charge is 0.137 e. The van der Waals surface area contributed by atoms with Crippen LogP contribution in [0, 0.1) is 5.92 Å². The summed E-state index contributed by atoms with van der Waals surface area (Å²) in [5.74, 6) is 1.08. The molecule has 2 aliphatic carbocycles. The van der Waals surface area contributed by atoms with E-state index in [1.54, 1.807) is 0 Å². The van der Waals surface area contributed by atoms with Crippen molar-refractivity contribution >= 4 is 5.78 Å². The summed E-state index contributed by atoms with van der Waals surface area (Å²) in [6, 6.07) is 21.1. The highest BCUT2D eigenvalue weighted by Gasteiger charge is 2.71. The average Bonchev–Trinajstić information content (AvgIpc) is 3.06. The Morgan fingerprint density at radius 2 is 1.47 bits per heavy atom. The van der Waals surface area contributed by atoms with Gasteiger partial charge in [-0.2, -0.15) is 0 Å². The van der Waals surface area contributed by atoms with Gasteiger partial charge < -0.3 is 0 Å². The minimum atomic E-state index is 0.0969. The average molecular weight is 248 g/mol. The maximum atomic E-state index is 12.2. The maximum absolute atomic E-state index is 12.2. The Bertz CT molecular complexity index is 617. The molecule has 1 heteroatoms. The molecule has 0 saturated heterocycles. The van der Waals surface area contributed by atoms with Crippen LogP contribution in [0.1, 0.15) is 29.9 Å². The Hall–Kier alpha value is -1.89. The van der Waals surface area contributed by atoms with E-state index in [1.165, 1.54) is 11.1 Å². The van der Waals surface area contributed by atoms with Gasteiger partial charge in [-0.25, -0.2) is 0 Å². The van der Waals surface area contributed by atoms with E-state index in [-0.39, 0.29) is 11.3 Å². The highest BCUT2D eigenvalue weighted by Crippen LogP contribution is 2.72. The summed E-state index contributed by atoms with van der Waals surface area (Å²) < 4.78 is 0. The molecular formula is C18H16O. The summed E-state index contributed by atoms with van der Waals surface area (Å²) in [5.41, 5.74) is 2.77. The molecule has 0 N–H and O–H groups in total. The summed E-state index contributed by atoms with van der Waals surface area (Å²) in [7, 11) is 0. The molecule has 94 valence electrons. The molecule has 1 nitrogen and oxygen atoms in total. The zero-order chi connectivity index (χ0) is 12.9. The fourth-order valence-corrected chi connectivity index (χ4v) is 4.11. The first kappa shape index (κ1) is 11.0. The predicted molar refractivity (Wildman–Crippen MR) is 75.0 cm³/mol. The van der Waals surface area contributed by atoms with Gasteiger partial charge in [0.15, 0.2) is 0 Å². The number of rotatable bonds is 2. The van der Waals surface area contributed by atoms with Crippen LogP contribution in [-0.2, 0) is 10.2 Å². The largest absolute Gasteiger partial charge is 0.299 e. The summed E-state index contributed by atoms with van der Waals surface area (Å²) in [5, 5.41) is 0. The van der Waals surface area contributed by atoms with E-state index in [0.717, 1.165) is 12.8 Å². The van der Waals surface area contributed by atoms with Gasteiger partial charge in [0, 0.05) is 23.7 Å². The normalized spacial score (nSPS) is 32.1. The lowest BCUT2D eigenvalue weighted by Crippen LogP contribution is -2.08. The van der Waals surface area contributed by atoms with Crippen molar-refractivity contribution in [1.29, 1.82) is 0 Å². The van der Waals surface area contributed by atoms with Gasteiger partial charge >= 0.3 is 0 Å². The van der Waals surface area contributed by atoms with Crippen LogP contribution in [0.25, 0.3) is 0 Å². The number of Topliss-reactive ketones (excluding diaryl/α,β-unsaturated/α-hetero) is 1. The molecule has 2 aliphatic rings. The van der Waals surface area contributed by atoms with E-state index in [4.69, 9.17) is 0 Å². The quantitative estimate of drug-likeness (QED) is 0.792. The minimum absolute atomic E-state index is 0.0969. The van der Waals surface area contributed by atoms with Crippen LogP contribution >= 0.6 is 0 Å². The highest BCUT2D eigenvalue weighted by atomic mass is 16.1. The van der Waals surface area contributed by atoms with Crippen LogP contribution in [0.5, 0.6) is 0 Å². The van der Waals surface area contributed by atoms with Crippen molar-refractivity contribution in [2.24, 2.45) is 5.92 Å². The minimum Gasteiger partial charge on any atom is -0.299 e. The van der Waals surface area contributed by atoms with E-state index in [2.05, 4.69) is 48.5 Å². The van der Waals surface area contributed by atoms with Crippen molar-refractivity contribution in [3.8, 4) is 0 Å². The van der Waals surface area contributed by atoms with Crippen molar-refractivity contribution in [2.45, 2.75) is 24.2 Å². The second-order valence-electron chi connectivity index (χ2n) is 5.74. The van der Waals surface area contributed by atoms with E-state index >= 15 is 0 Å². The predicted octanol–water partition coefficient (Wildman–Crippen LogP) is 3.70. The Kier molecular flexibility index (Phi) is 2.20. The summed E-state index contributed by atoms with van der Waals surface area (Å²) >= 11 is 0. The van der Waals surface area contributed by atoms with Gasteiger partial charge in [0.2, 0.25) is 0 Å².